The third-order valence-corrected chi connectivity index (χ3v) is 3.58. The van der Waals surface area contributed by atoms with Crippen LogP contribution in [0.15, 0.2) is 24.3 Å². The third-order valence-electron chi connectivity index (χ3n) is 2.91. The first-order valence-electron chi connectivity index (χ1n) is 6.68. The lowest BCUT2D eigenvalue weighted by molar-refractivity contribution is 0.250. The van der Waals surface area contributed by atoms with Crippen LogP contribution in [0.1, 0.15) is 20.3 Å². The van der Waals surface area contributed by atoms with Gasteiger partial charge in [0.2, 0.25) is 0 Å². The van der Waals surface area contributed by atoms with E-state index in [9.17, 15) is 4.79 Å². The molecule has 0 radical (unpaired) electrons. The topological polar surface area (TPSA) is 44.4 Å². The van der Waals surface area contributed by atoms with Gasteiger partial charge in [0.05, 0.1) is 0 Å². The number of halogens is 1. The Morgan fingerprint density at radius 1 is 1.32 bits per heavy atom. The van der Waals surface area contributed by atoms with Gasteiger partial charge in [0.15, 0.2) is 0 Å². The maximum atomic E-state index is 11.7. The van der Waals surface area contributed by atoms with E-state index < -0.39 is 0 Å². The molecule has 0 aromatic heterocycles. The molecule has 0 bridgehead atoms. The zero-order valence-corrected chi connectivity index (χ0v) is 13.7. The summed E-state index contributed by atoms with van der Waals surface area (Å²) in [5, 5.41) is 5.71. The van der Waals surface area contributed by atoms with E-state index in [1.54, 1.807) is 0 Å². The van der Waals surface area contributed by atoms with E-state index in [2.05, 4.69) is 52.0 Å². The Kier molecular flexibility index (Phi) is 7.81. The Bertz CT molecular complexity index is 394. The second-order valence-corrected chi connectivity index (χ2v) is 5.52. The maximum Gasteiger partial charge on any atom is 0.319 e. The number of nitrogens with zero attached hydrogens (tertiary/aromatic N) is 1. The predicted molar refractivity (Wildman–Crippen MR) is 88.6 cm³/mol. The lowest BCUT2D eigenvalue weighted by Crippen LogP contribution is -2.32. The summed E-state index contributed by atoms with van der Waals surface area (Å²) in [6, 6.07) is 7.61. The first-order valence-corrected chi connectivity index (χ1v) is 7.76. The monoisotopic (exact) mass is 375 g/mol. The summed E-state index contributed by atoms with van der Waals surface area (Å²) >= 11 is 2.23. The van der Waals surface area contributed by atoms with Crippen molar-refractivity contribution in [1.29, 1.82) is 0 Å². The molecular formula is C14H22IN3O. The van der Waals surface area contributed by atoms with Crippen LogP contribution in [0.4, 0.5) is 10.5 Å². The van der Waals surface area contributed by atoms with Gasteiger partial charge in [-0.3, -0.25) is 0 Å². The Labute approximate surface area is 129 Å². The van der Waals surface area contributed by atoms with Crippen LogP contribution >= 0.6 is 22.6 Å². The summed E-state index contributed by atoms with van der Waals surface area (Å²) in [4.78, 5) is 14.0. The molecule has 0 atom stereocenters. The number of benzene rings is 1. The van der Waals surface area contributed by atoms with Gasteiger partial charge in [0, 0.05) is 15.8 Å². The van der Waals surface area contributed by atoms with Crippen LogP contribution in [-0.4, -0.2) is 37.1 Å². The van der Waals surface area contributed by atoms with Gasteiger partial charge in [-0.05, 0) is 66.8 Å². The standard InChI is InChI=1S/C14H22IN3O/c1-3-18(4-2)10-6-9-16-14(19)17-13-8-5-7-12(15)11-13/h5,7-8,11H,3-4,6,9-10H2,1-2H3,(H2,16,17,19). The van der Waals surface area contributed by atoms with Gasteiger partial charge in [-0.1, -0.05) is 19.9 Å². The second kappa shape index (κ2) is 9.14. The van der Waals surface area contributed by atoms with Crippen LogP contribution in [-0.2, 0) is 0 Å². The molecule has 0 heterocycles. The minimum absolute atomic E-state index is 0.137. The van der Waals surface area contributed by atoms with Crippen LogP contribution in [0.5, 0.6) is 0 Å². The van der Waals surface area contributed by atoms with Crippen molar-refractivity contribution in [1.82, 2.24) is 10.2 Å². The molecule has 0 aliphatic heterocycles. The molecule has 5 heteroatoms. The smallest absolute Gasteiger partial charge is 0.319 e. The Morgan fingerprint density at radius 2 is 2.05 bits per heavy atom. The van der Waals surface area contributed by atoms with E-state index in [0.717, 1.165) is 35.3 Å². The summed E-state index contributed by atoms with van der Waals surface area (Å²) < 4.78 is 1.11. The molecule has 0 aliphatic rings. The van der Waals surface area contributed by atoms with E-state index in [0.29, 0.717) is 6.54 Å². The van der Waals surface area contributed by atoms with E-state index in [1.807, 2.05) is 24.3 Å². The van der Waals surface area contributed by atoms with Gasteiger partial charge >= 0.3 is 6.03 Å². The first-order chi connectivity index (χ1) is 9.15. The van der Waals surface area contributed by atoms with Crippen LogP contribution in [0.2, 0.25) is 0 Å². The van der Waals surface area contributed by atoms with E-state index >= 15 is 0 Å². The molecule has 0 spiro atoms. The van der Waals surface area contributed by atoms with Gasteiger partial charge in [-0.15, -0.1) is 0 Å². The van der Waals surface area contributed by atoms with Crippen molar-refractivity contribution >= 4 is 34.3 Å². The van der Waals surface area contributed by atoms with Crippen molar-refractivity contribution in [2.24, 2.45) is 0 Å². The highest BCUT2D eigenvalue weighted by Gasteiger charge is 2.02. The molecule has 1 aromatic rings. The molecule has 4 nitrogen and oxygen atoms in total. The second-order valence-electron chi connectivity index (χ2n) is 4.27. The average molecular weight is 375 g/mol. The van der Waals surface area contributed by atoms with Crippen molar-refractivity contribution < 1.29 is 4.79 Å². The largest absolute Gasteiger partial charge is 0.338 e. The summed E-state index contributed by atoms with van der Waals surface area (Å²) in [5.74, 6) is 0. The number of carbonyl (C=O) groups excluding carboxylic acids is 1. The summed E-state index contributed by atoms with van der Waals surface area (Å²) in [5.41, 5.74) is 0.827. The molecular weight excluding hydrogens is 353 g/mol. The maximum absolute atomic E-state index is 11.7. The molecule has 0 fully saturated rings. The highest BCUT2D eigenvalue weighted by molar-refractivity contribution is 14.1. The third kappa shape index (κ3) is 6.77. The van der Waals surface area contributed by atoms with Crippen LogP contribution < -0.4 is 10.6 Å². The van der Waals surface area contributed by atoms with Crippen LogP contribution in [0.3, 0.4) is 0 Å². The van der Waals surface area contributed by atoms with Gasteiger partial charge in [-0.2, -0.15) is 0 Å². The van der Waals surface area contributed by atoms with Gasteiger partial charge in [0.1, 0.15) is 0 Å². The van der Waals surface area contributed by atoms with Crippen LogP contribution in [0.25, 0.3) is 0 Å². The first kappa shape index (κ1) is 16.2. The normalized spacial score (nSPS) is 10.5. The lowest BCUT2D eigenvalue weighted by Gasteiger charge is -2.17. The fourth-order valence-corrected chi connectivity index (χ4v) is 2.33. The molecule has 19 heavy (non-hydrogen) atoms. The number of amides is 2. The molecule has 2 N–H and O–H groups in total. The Hall–Kier alpha value is -0.820. The highest BCUT2D eigenvalue weighted by atomic mass is 127. The molecule has 106 valence electrons. The Morgan fingerprint density at radius 3 is 2.68 bits per heavy atom. The predicted octanol–water partition coefficient (Wildman–Crippen LogP) is 3.14. The SMILES string of the molecule is CCN(CC)CCCNC(=O)Nc1cccc(I)c1. The quantitative estimate of drug-likeness (QED) is 0.568. The molecule has 0 unspecified atom stereocenters. The number of hydrogen-bond donors (Lipinski definition) is 2. The van der Waals surface area contributed by atoms with Gasteiger partial charge < -0.3 is 15.5 Å². The fourth-order valence-electron chi connectivity index (χ4n) is 1.79. The highest BCUT2D eigenvalue weighted by Crippen LogP contribution is 2.11. The fraction of sp³-hybridized carbons (Fsp3) is 0.500. The summed E-state index contributed by atoms with van der Waals surface area (Å²) in [6.45, 7) is 8.15. The molecule has 1 rings (SSSR count). The summed E-state index contributed by atoms with van der Waals surface area (Å²) in [7, 11) is 0. The zero-order chi connectivity index (χ0) is 14.1. The van der Waals surface area contributed by atoms with Crippen molar-refractivity contribution in [3.8, 4) is 0 Å². The number of nitrogens with one attached hydrogen (secondary N) is 2. The van der Waals surface area contributed by atoms with E-state index in [-0.39, 0.29) is 6.03 Å². The minimum Gasteiger partial charge on any atom is -0.338 e. The number of carbonyl (C=O) groups is 1. The van der Waals surface area contributed by atoms with E-state index in [1.165, 1.54) is 0 Å². The molecule has 1 aromatic carbocycles. The number of rotatable bonds is 7. The number of anilines is 1. The zero-order valence-electron chi connectivity index (χ0n) is 11.6. The summed E-state index contributed by atoms with van der Waals surface area (Å²) in [6.07, 6.45) is 0.974. The number of hydrogen-bond acceptors (Lipinski definition) is 2. The lowest BCUT2D eigenvalue weighted by atomic mass is 10.3. The van der Waals surface area contributed by atoms with Gasteiger partial charge in [0.25, 0.3) is 0 Å². The molecule has 0 saturated carbocycles. The van der Waals surface area contributed by atoms with Gasteiger partial charge in [-0.25, -0.2) is 4.79 Å². The molecule has 0 aliphatic carbocycles. The van der Waals surface area contributed by atoms with Crippen molar-refractivity contribution in [3.63, 3.8) is 0 Å². The van der Waals surface area contributed by atoms with Crippen molar-refractivity contribution in [2.45, 2.75) is 20.3 Å². The molecule has 0 saturated heterocycles. The van der Waals surface area contributed by atoms with Crippen molar-refractivity contribution in [3.05, 3.63) is 27.8 Å². The van der Waals surface area contributed by atoms with E-state index in [4.69, 9.17) is 0 Å². The minimum atomic E-state index is -0.137. The number of urea groups is 1. The average Bonchev–Trinajstić information content (AvgIpc) is 2.39. The Balaban J connectivity index is 2.21. The molecule has 2 amide bonds. The van der Waals surface area contributed by atoms with Crippen LogP contribution in [0, 0.1) is 3.57 Å². The van der Waals surface area contributed by atoms with Crippen molar-refractivity contribution in [2.75, 3.05) is 31.5 Å².